The molecule has 0 saturated carbocycles. The average Bonchev–Trinajstić information content (AvgIpc) is 2.21. The topological polar surface area (TPSA) is 21.3 Å². The van der Waals surface area contributed by atoms with Crippen molar-refractivity contribution in [3.05, 3.63) is 11.6 Å². The number of hydrogen-bond acceptors (Lipinski definition) is 2. The molecule has 1 atom stereocenters. The molecule has 2 nitrogen and oxygen atoms in total. The van der Waals surface area contributed by atoms with Crippen LogP contribution >= 0.6 is 0 Å². The molecule has 0 bridgehead atoms. The molecule has 0 amide bonds. The maximum atomic E-state index is 5.68. The third-order valence-electron chi connectivity index (χ3n) is 2.88. The molecule has 0 spiro atoms. The molecule has 0 aliphatic carbocycles. The van der Waals surface area contributed by atoms with E-state index < -0.39 is 0 Å². The lowest BCUT2D eigenvalue weighted by molar-refractivity contribution is 0.0458. The van der Waals surface area contributed by atoms with Gasteiger partial charge < -0.3 is 10.1 Å². The van der Waals surface area contributed by atoms with E-state index in [9.17, 15) is 0 Å². The summed E-state index contributed by atoms with van der Waals surface area (Å²) in [6.07, 6.45) is 9.08. The smallest absolute Gasteiger partial charge is 0.0758 e. The predicted octanol–water partition coefficient (Wildman–Crippen LogP) is 1.87. The summed E-state index contributed by atoms with van der Waals surface area (Å²) in [7, 11) is 0. The van der Waals surface area contributed by atoms with Crippen molar-refractivity contribution < 1.29 is 4.74 Å². The fraction of sp³-hybridized carbons (Fsp3) is 0.818. The maximum absolute atomic E-state index is 5.68. The SMILES string of the molecule is C(=C1CCNCC1)C1CCCCO1. The molecule has 1 unspecified atom stereocenters. The predicted molar refractivity (Wildman–Crippen MR) is 53.8 cm³/mol. The Balaban J connectivity index is 1.85. The molecule has 2 heterocycles. The van der Waals surface area contributed by atoms with Gasteiger partial charge >= 0.3 is 0 Å². The molecular formula is C11H19NO. The molecule has 2 rings (SSSR count). The molecule has 0 aromatic rings. The Kier molecular flexibility index (Phi) is 3.39. The number of nitrogens with one attached hydrogen (secondary N) is 1. The van der Waals surface area contributed by atoms with Crippen molar-refractivity contribution >= 4 is 0 Å². The van der Waals surface area contributed by atoms with Gasteiger partial charge in [0.05, 0.1) is 6.10 Å². The molecule has 1 N–H and O–H groups in total. The summed E-state index contributed by atoms with van der Waals surface area (Å²) >= 11 is 0. The van der Waals surface area contributed by atoms with E-state index in [0.29, 0.717) is 6.10 Å². The maximum Gasteiger partial charge on any atom is 0.0758 e. The molecule has 2 saturated heterocycles. The van der Waals surface area contributed by atoms with Crippen molar-refractivity contribution in [3.8, 4) is 0 Å². The van der Waals surface area contributed by atoms with Gasteiger partial charge in [0.1, 0.15) is 0 Å². The Morgan fingerprint density at radius 2 is 2.08 bits per heavy atom. The van der Waals surface area contributed by atoms with E-state index in [4.69, 9.17) is 4.74 Å². The van der Waals surface area contributed by atoms with Gasteiger partial charge in [-0.05, 0) is 45.2 Å². The standard InChI is InChI=1S/C11H19NO/c1-2-8-13-11(3-1)9-10-4-6-12-7-5-10/h9,11-12H,1-8H2. The van der Waals surface area contributed by atoms with E-state index in [-0.39, 0.29) is 0 Å². The first-order valence-electron chi connectivity index (χ1n) is 5.47. The minimum atomic E-state index is 0.432. The van der Waals surface area contributed by atoms with Crippen LogP contribution < -0.4 is 5.32 Å². The van der Waals surface area contributed by atoms with Crippen LogP contribution in [0.15, 0.2) is 11.6 Å². The van der Waals surface area contributed by atoms with Crippen molar-refractivity contribution in [2.45, 2.75) is 38.2 Å². The molecule has 2 heteroatoms. The number of rotatable bonds is 1. The third-order valence-corrected chi connectivity index (χ3v) is 2.88. The minimum absolute atomic E-state index is 0.432. The Morgan fingerprint density at radius 1 is 1.23 bits per heavy atom. The van der Waals surface area contributed by atoms with Crippen molar-refractivity contribution in [1.82, 2.24) is 5.32 Å². The van der Waals surface area contributed by atoms with Crippen LogP contribution in [0.3, 0.4) is 0 Å². The minimum Gasteiger partial charge on any atom is -0.374 e. The molecule has 2 fully saturated rings. The van der Waals surface area contributed by atoms with Crippen molar-refractivity contribution in [3.63, 3.8) is 0 Å². The van der Waals surface area contributed by atoms with Crippen LogP contribution in [-0.4, -0.2) is 25.8 Å². The average molecular weight is 181 g/mol. The fourth-order valence-corrected chi connectivity index (χ4v) is 2.07. The van der Waals surface area contributed by atoms with Gasteiger partial charge in [0.2, 0.25) is 0 Å². The Bertz CT molecular complexity index is 175. The van der Waals surface area contributed by atoms with Crippen molar-refractivity contribution in [1.29, 1.82) is 0 Å². The third kappa shape index (κ3) is 2.82. The van der Waals surface area contributed by atoms with Gasteiger partial charge in [-0.1, -0.05) is 11.6 Å². The highest BCUT2D eigenvalue weighted by Crippen LogP contribution is 2.18. The molecule has 2 aliphatic rings. The molecule has 13 heavy (non-hydrogen) atoms. The van der Waals surface area contributed by atoms with Gasteiger partial charge in [0.15, 0.2) is 0 Å². The summed E-state index contributed by atoms with van der Waals surface area (Å²) in [6.45, 7) is 3.27. The first-order valence-corrected chi connectivity index (χ1v) is 5.47. The van der Waals surface area contributed by atoms with Crippen LogP contribution in [-0.2, 0) is 4.74 Å². The highest BCUT2D eigenvalue weighted by Gasteiger charge is 2.13. The summed E-state index contributed by atoms with van der Waals surface area (Å²) in [6, 6.07) is 0. The first kappa shape index (κ1) is 9.22. The van der Waals surface area contributed by atoms with Crippen LogP contribution in [0.4, 0.5) is 0 Å². The number of piperidine rings is 1. The van der Waals surface area contributed by atoms with E-state index in [1.165, 1.54) is 32.1 Å². The number of hydrogen-bond donors (Lipinski definition) is 1. The highest BCUT2D eigenvalue weighted by atomic mass is 16.5. The van der Waals surface area contributed by atoms with Gasteiger partial charge in [0.25, 0.3) is 0 Å². The highest BCUT2D eigenvalue weighted by molar-refractivity contribution is 5.08. The molecule has 2 aliphatic heterocycles. The van der Waals surface area contributed by atoms with Gasteiger partial charge in [-0.3, -0.25) is 0 Å². The van der Waals surface area contributed by atoms with E-state index in [2.05, 4.69) is 11.4 Å². The zero-order chi connectivity index (χ0) is 8.93. The monoisotopic (exact) mass is 181 g/mol. The van der Waals surface area contributed by atoms with Crippen molar-refractivity contribution in [2.24, 2.45) is 0 Å². The Labute approximate surface area is 80.4 Å². The Hall–Kier alpha value is -0.340. The summed E-state index contributed by atoms with van der Waals surface area (Å²) < 4.78 is 5.68. The van der Waals surface area contributed by atoms with Crippen LogP contribution in [0.1, 0.15) is 32.1 Å². The van der Waals surface area contributed by atoms with E-state index in [1.807, 2.05) is 0 Å². The summed E-state index contributed by atoms with van der Waals surface area (Å²) in [4.78, 5) is 0. The molecule has 0 radical (unpaired) electrons. The van der Waals surface area contributed by atoms with Crippen LogP contribution in [0.2, 0.25) is 0 Å². The largest absolute Gasteiger partial charge is 0.374 e. The summed E-state index contributed by atoms with van der Waals surface area (Å²) in [5.74, 6) is 0. The summed E-state index contributed by atoms with van der Waals surface area (Å²) in [5.41, 5.74) is 1.60. The summed E-state index contributed by atoms with van der Waals surface area (Å²) in [5, 5.41) is 3.37. The van der Waals surface area contributed by atoms with Gasteiger partial charge in [-0.15, -0.1) is 0 Å². The fourth-order valence-electron chi connectivity index (χ4n) is 2.07. The molecule has 0 aromatic heterocycles. The first-order chi connectivity index (χ1) is 6.45. The lowest BCUT2D eigenvalue weighted by atomic mass is 10.0. The number of ether oxygens (including phenoxy) is 1. The molecule has 0 aromatic carbocycles. The zero-order valence-corrected chi connectivity index (χ0v) is 8.22. The van der Waals surface area contributed by atoms with Crippen LogP contribution in [0.25, 0.3) is 0 Å². The lowest BCUT2D eigenvalue weighted by Gasteiger charge is -2.22. The second kappa shape index (κ2) is 4.77. The van der Waals surface area contributed by atoms with E-state index in [1.54, 1.807) is 5.57 Å². The molecule has 74 valence electrons. The quantitative estimate of drug-likeness (QED) is 0.623. The second-order valence-corrected chi connectivity index (χ2v) is 3.98. The second-order valence-electron chi connectivity index (χ2n) is 3.98. The lowest BCUT2D eigenvalue weighted by Crippen LogP contribution is -2.24. The normalized spacial score (nSPS) is 30.2. The Morgan fingerprint density at radius 3 is 2.77 bits per heavy atom. The van der Waals surface area contributed by atoms with Crippen LogP contribution in [0.5, 0.6) is 0 Å². The zero-order valence-electron chi connectivity index (χ0n) is 8.22. The van der Waals surface area contributed by atoms with Crippen molar-refractivity contribution in [2.75, 3.05) is 19.7 Å². The van der Waals surface area contributed by atoms with Gasteiger partial charge in [-0.2, -0.15) is 0 Å². The van der Waals surface area contributed by atoms with Gasteiger partial charge in [-0.25, -0.2) is 0 Å². The van der Waals surface area contributed by atoms with Crippen LogP contribution in [0, 0.1) is 0 Å². The van der Waals surface area contributed by atoms with E-state index in [0.717, 1.165) is 19.7 Å². The van der Waals surface area contributed by atoms with Gasteiger partial charge in [0, 0.05) is 6.61 Å². The van der Waals surface area contributed by atoms with E-state index >= 15 is 0 Å². The molecular weight excluding hydrogens is 162 g/mol.